The highest BCUT2D eigenvalue weighted by molar-refractivity contribution is 7.91. The van der Waals surface area contributed by atoms with Gasteiger partial charge in [-0.1, -0.05) is 24.3 Å². The minimum absolute atomic E-state index is 0.233. The molecule has 1 N–H and O–H groups in total. The number of anilines is 1. The Morgan fingerprint density at radius 3 is 2.55 bits per heavy atom. The molecule has 0 radical (unpaired) electrons. The van der Waals surface area contributed by atoms with Crippen molar-refractivity contribution in [3.63, 3.8) is 0 Å². The van der Waals surface area contributed by atoms with Crippen molar-refractivity contribution >= 4 is 22.5 Å². The van der Waals surface area contributed by atoms with Crippen molar-refractivity contribution in [1.29, 1.82) is 0 Å². The average molecular weight is 433 g/mol. The molecule has 1 saturated heterocycles. The quantitative estimate of drug-likeness (QED) is 0.488. The van der Waals surface area contributed by atoms with Crippen LogP contribution in [0.3, 0.4) is 0 Å². The van der Waals surface area contributed by atoms with Crippen molar-refractivity contribution < 1.29 is 4.18 Å². The Kier molecular flexibility index (Phi) is 5.63. The third-order valence-electron chi connectivity index (χ3n) is 5.77. The summed E-state index contributed by atoms with van der Waals surface area (Å²) in [6.07, 6.45) is 7.95. The van der Waals surface area contributed by atoms with Crippen LogP contribution in [0.1, 0.15) is 0 Å². The monoisotopic (exact) mass is 432 g/mol. The van der Waals surface area contributed by atoms with Gasteiger partial charge >= 0.3 is 0 Å². The summed E-state index contributed by atoms with van der Waals surface area (Å²) in [5.41, 5.74) is 6.44. The number of benzene rings is 2. The average Bonchev–Trinajstić information content (AvgIpc) is 3.27. The van der Waals surface area contributed by atoms with Crippen LogP contribution in [0.5, 0.6) is 0 Å². The maximum atomic E-state index is 5.49. The molecule has 2 aromatic heterocycles. The van der Waals surface area contributed by atoms with E-state index in [-0.39, 0.29) is 11.2 Å². The number of nitrogens with one attached hydrogen (secondary N) is 1. The van der Waals surface area contributed by atoms with E-state index in [1.807, 2.05) is 16.9 Å². The second kappa shape index (κ2) is 8.70. The van der Waals surface area contributed by atoms with E-state index in [1.54, 1.807) is 7.11 Å². The second-order valence-corrected chi connectivity index (χ2v) is 9.31. The van der Waals surface area contributed by atoms with Crippen LogP contribution in [0.4, 0.5) is 5.69 Å². The topological polar surface area (TPSA) is 54.7 Å². The minimum atomic E-state index is -0.233. The molecule has 6 nitrogen and oxygen atoms in total. The van der Waals surface area contributed by atoms with Gasteiger partial charge in [-0.25, -0.2) is 9.50 Å². The predicted octanol–water partition coefficient (Wildman–Crippen LogP) is 3.64. The molecule has 1 fully saturated rings. The van der Waals surface area contributed by atoms with Gasteiger partial charge in [0, 0.05) is 61.5 Å². The smallest absolute Gasteiger partial charge is 0.190 e. The first kappa shape index (κ1) is 20.1. The lowest BCUT2D eigenvalue weighted by atomic mass is 10.1. The maximum absolute atomic E-state index is 5.49. The molecule has 0 amide bonds. The largest absolute Gasteiger partial charge is 0.369 e. The fourth-order valence-corrected chi connectivity index (χ4v) is 4.71. The van der Waals surface area contributed by atoms with Gasteiger partial charge in [0.15, 0.2) is 21.7 Å². The van der Waals surface area contributed by atoms with E-state index in [1.165, 1.54) is 10.6 Å². The van der Waals surface area contributed by atoms with E-state index in [0.29, 0.717) is 0 Å². The number of fused-ring (bicyclic) bond motifs is 1. The number of hydrogen-bond donors (Lipinski definition) is 1. The summed E-state index contributed by atoms with van der Waals surface area (Å²) in [7, 11) is 1.74. The Balaban J connectivity index is 1.43. The highest BCUT2D eigenvalue weighted by Crippen LogP contribution is 2.28. The van der Waals surface area contributed by atoms with E-state index in [2.05, 4.69) is 76.3 Å². The number of aromatic nitrogens is 3. The van der Waals surface area contributed by atoms with Gasteiger partial charge in [0.2, 0.25) is 0 Å². The van der Waals surface area contributed by atoms with E-state index in [4.69, 9.17) is 9.17 Å². The molecule has 0 aliphatic carbocycles. The number of nitrogens with zero attached hydrogens (tertiary/aromatic N) is 4. The van der Waals surface area contributed by atoms with Crippen LogP contribution in [-0.4, -0.2) is 54.1 Å². The lowest BCUT2D eigenvalue weighted by Gasteiger charge is -2.29. The maximum Gasteiger partial charge on any atom is 0.190 e. The fraction of sp³-hybridized carbons (Fsp3) is 0.250. The molecule has 158 valence electrons. The first-order valence-electron chi connectivity index (χ1n) is 10.4. The summed E-state index contributed by atoms with van der Waals surface area (Å²) in [4.78, 5) is 8.34. The molecule has 2 aromatic carbocycles. The Morgan fingerprint density at radius 2 is 1.77 bits per heavy atom. The van der Waals surface area contributed by atoms with Gasteiger partial charge in [-0.05, 0) is 29.3 Å². The lowest BCUT2D eigenvalue weighted by Crippen LogP contribution is -2.43. The summed E-state index contributed by atoms with van der Waals surface area (Å²) < 4.78 is 7.36. The van der Waals surface area contributed by atoms with E-state index < -0.39 is 0 Å². The Labute approximate surface area is 185 Å². The van der Waals surface area contributed by atoms with Crippen molar-refractivity contribution in [3.05, 3.63) is 67.1 Å². The van der Waals surface area contributed by atoms with Crippen LogP contribution in [0, 0.1) is 0 Å². The molecule has 1 aliphatic rings. The molecule has 1 unspecified atom stereocenters. The summed E-state index contributed by atoms with van der Waals surface area (Å²) >= 11 is -0.233. The van der Waals surface area contributed by atoms with Crippen LogP contribution in [0.25, 0.3) is 27.9 Å². The first-order valence-corrected chi connectivity index (χ1v) is 12.0. The molecule has 31 heavy (non-hydrogen) atoms. The van der Waals surface area contributed by atoms with Gasteiger partial charge in [0.25, 0.3) is 0 Å². The van der Waals surface area contributed by atoms with E-state index in [9.17, 15) is 0 Å². The predicted molar refractivity (Wildman–Crippen MR) is 128 cm³/mol. The standard InChI is InChI=1S/C24H26N5OS/c1-30-31(2)22-5-3-4-19(14-22)23-16-27-29-17-20(15-26-24(23)29)18-6-8-21(9-7-18)28-12-10-25-11-13-28/h3-9,14-17,25H,10-13H2,1-2H3/q+1. The summed E-state index contributed by atoms with van der Waals surface area (Å²) in [5.74, 6) is 0. The van der Waals surface area contributed by atoms with Crippen LogP contribution in [0.15, 0.2) is 72.0 Å². The third kappa shape index (κ3) is 4.04. The molecule has 4 aromatic rings. The van der Waals surface area contributed by atoms with Gasteiger partial charge < -0.3 is 10.2 Å². The molecule has 0 spiro atoms. The normalized spacial score (nSPS) is 15.4. The molecule has 1 atom stereocenters. The zero-order valence-corrected chi connectivity index (χ0v) is 18.6. The summed E-state index contributed by atoms with van der Waals surface area (Å²) in [6.45, 7) is 4.18. The van der Waals surface area contributed by atoms with Gasteiger partial charge in [0.05, 0.1) is 13.3 Å². The molecule has 1 aliphatic heterocycles. The van der Waals surface area contributed by atoms with Crippen molar-refractivity contribution in [1.82, 2.24) is 19.9 Å². The highest BCUT2D eigenvalue weighted by Gasteiger charge is 2.18. The number of rotatable bonds is 5. The molecule has 5 rings (SSSR count). The summed E-state index contributed by atoms with van der Waals surface area (Å²) in [6, 6.07) is 17.1. The van der Waals surface area contributed by atoms with Crippen molar-refractivity contribution in [2.75, 3.05) is 44.4 Å². The molecule has 3 heterocycles. The highest BCUT2D eigenvalue weighted by atomic mass is 32.2. The van der Waals surface area contributed by atoms with E-state index in [0.717, 1.165) is 54.1 Å². The first-order chi connectivity index (χ1) is 15.2. The van der Waals surface area contributed by atoms with Crippen LogP contribution >= 0.6 is 0 Å². The van der Waals surface area contributed by atoms with Crippen LogP contribution in [0.2, 0.25) is 0 Å². The van der Waals surface area contributed by atoms with Crippen molar-refractivity contribution in [2.24, 2.45) is 0 Å². The summed E-state index contributed by atoms with van der Waals surface area (Å²) in [5, 5.41) is 7.98. The molecule has 7 heteroatoms. The lowest BCUT2D eigenvalue weighted by molar-refractivity contribution is 0.476. The number of hydrogen-bond acceptors (Lipinski definition) is 5. The van der Waals surface area contributed by atoms with Gasteiger partial charge in [-0.3, -0.25) is 0 Å². The van der Waals surface area contributed by atoms with Crippen molar-refractivity contribution in [3.8, 4) is 22.3 Å². The van der Waals surface area contributed by atoms with E-state index >= 15 is 0 Å². The number of piperazine rings is 1. The molecule has 0 saturated carbocycles. The zero-order valence-electron chi connectivity index (χ0n) is 17.8. The van der Waals surface area contributed by atoms with Gasteiger partial charge in [-0.15, -0.1) is 0 Å². The van der Waals surface area contributed by atoms with Crippen LogP contribution in [-0.2, 0) is 15.4 Å². The molecule has 0 bridgehead atoms. The Morgan fingerprint density at radius 1 is 0.968 bits per heavy atom. The third-order valence-corrected chi connectivity index (χ3v) is 7.18. The second-order valence-electron chi connectivity index (χ2n) is 7.60. The molecular formula is C24H26N5OS+. The fourth-order valence-electron chi connectivity index (χ4n) is 3.95. The van der Waals surface area contributed by atoms with Crippen LogP contribution < -0.4 is 10.2 Å². The Hall–Kier alpha value is -2.87. The van der Waals surface area contributed by atoms with Crippen molar-refractivity contribution in [2.45, 2.75) is 4.90 Å². The van der Waals surface area contributed by atoms with Gasteiger partial charge in [-0.2, -0.15) is 9.28 Å². The Bertz CT molecular complexity index is 1180. The molecular weight excluding hydrogens is 406 g/mol. The van der Waals surface area contributed by atoms with Gasteiger partial charge in [0.1, 0.15) is 6.26 Å². The zero-order chi connectivity index (χ0) is 21.2. The SMILES string of the molecule is CO[S+](C)c1cccc(-c2cnn3cc(-c4ccc(N5CCNCC5)cc4)cnc23)c1. The minimum Gasteiger partial charge on any atom is -0.369 e.